The fourth-order valence-corrected chi connectivity index (χ4v) is 1.66. The van der Waals surface area contributed by atoms with Crippen LogP contribution in [0, 0.1) is 0 Å². The lowest BCUT2D eigenvalue weighted by Crippen LogP contribution is -2.37. The largest absolute Gasteiger partial charge is 0.481 e. The summed E-state index contributed by atoms with van der Waals surface area (Å²) in [5.74, 6) is -0.421. The van der Waals surface area contributed by atoms with E-state index in [1.807, 2.05) is 0 Å². The molecule has 1 aromatic carbocycles. The number of amides is 1. The molecule has 2 rings (SSSR count). The molecule has 19 heavy (non-hydrogen) atoms. The van der Waals surface area contributed by atoms with Gasteiger partial charge in [-0.2, -0.15) is 0 Å². The van der Waals surface area contributed by atoms with Crippen molar-refractivity contribution in [3.8, 4) is 5.75 Å². The lowest BCUT2D eigenvalue weighted by molar-refractivity contribution is -0.136. The van der Waals surface area contributed by atoms with E-state index in [1.165, 1.54) is 0 Å². The fraction of sp³-hybridized carbons (Fsp3) is 0.429. The average molecular weight is 263 g/mol. The van der Waals surface area contributed by atoms with Gasteiger partial charge >= 0.3 is 5.97 Å². The molecule has 0 aromatic heterocycles. The summed E-state index contributed by atoms with van der Waals surface area (Å²) in [6.07, 6.45) is 1.52. The standard InChI is InChI=1S/C14H17NO4/c1-9(14(18)15-11-4-5-11)19-12-6-2-10(3-7-12)8-13(16)17/h2-3,6-7,9,11H,4-5,8H2,1H3,(H,15,18)(H,16,17). The van der Waals surface area contributed by atoms with Gasteiger partial charge in [0.1, 0.15) is 5.75 Å². The Labute approximate surface area is 111 Å². The van der Waals surface area contributed by atoms with E-state index >= 15 is 0 Å². The minimum Gasteiger partial charge on any atom is -0.481 e. The summed E-state index contributed by atoms with van der Waals surface area (Å²) >= 11 is 0. The third-order valence-electron chi connectivity index (χ3n) is 2.88. The van der Waals surface area contributed by atoms with Gasteiger partial charge in [0.05, 0.1) is 6.42 Å². The van der Waals surface area contributed by atoms with Gasteiger partial charge in [-0.3, -0.25) is 9.59 Å². The highest BCUT2D eigenvalue weighted by Crippen LogP contribution is 2.19. The van der Waals surface area contributed by atoms with Crippen molar-refractivity contribution in [2.24, 2.45) is 0 Å². The molecule has 1 saturated carbocycles. The van der Waals surface area contributed by atoms with E-state index in [0.717, 1.165) is 12.8 Å². The molecule has 1 fully saturated rings. The highest BCUT2D eigenvalue weighted by molar-refractivity contribution is 5.81. The summed E-state index contributed by atoms with van der Waals surface area (Å²) in [6, 6.07) is 7.05. The molecular weight excluding hydrogens is 246 g/mol. The van der Waals surface area contributed by atoms with Gasteiger partial charge in [-0.05, 0) is 37.5 Å². The first-order chi connectivity index (χ1) is 9.04. The lowest BCUT2D eigenvalue weighted by atomic mass is 10.1. The third-order valence-corrected chi connectivity index (χ3v) is 2.88. The second-order valence-corrected chi connectivity index (χ2v) is 4.76. The van der Waals surface area contributed by atoms with E-state index < -0.39 is 12.1 Å². The Bertz CT molecular complexity index is 465. The van der Waals surface area contributed by atoms with Crippen molar-refractivity contribution in [2.45, 2.75) is 38.3 Å². The van der Waals surface area contributed by atoms with Crippen molar-refractivity contribution in [1.82, 2.24) is 5.32 Å². The van der Waals surface area contributed by atoms with Crippen LogP contribution in [0.25, 0.3) is 0 Å². The van der Waals surface area contributed by atoms with E-state index in [2.05, 4.69) is 5.32 Å². The topological polar surface area (TPSA) is 75.6 Å². The minimum atomic E-state index is -0.870. The number of carbonyl (C=O) groups is 2. The number of carboxylic acids is 1. The van der Waals surface area contributed by atoms with Crippen molar-refractivity contribution >= 4 is 11.9 Å². The number of carbonyl (C=O) groups excluding carboxylic acids is 1. The van der Waals surface area contributed by atoms with Crippen LogP contribution >= 0.6 is 0 Å². The summed E-state index contributed by atoms with van der Waals surface area (Å²) in [5, 5.41) is 11.5. The number of aliphatic carboxylic acids is 1. The van der Waals surface area contributed by atoms with Gasteiger partial charge in [-0.1, -0.05) is 12.1 Å². The van der Waals surface area contributed by atoms with Crippen molar-refractivity contribution in [3.63, 3.8) is 0 Å². The van der Waals surface area contributed by atoms with Crippen LogP contribution in [0.3, 0.4) is 0 Å². The van der Waals surface area contributed by atoms with Crippen molar-refractivity contribution in [1.29, 1.82) is 0 Å². The van der Waals surface area contributed by atoms with E-state index in [9.17, 15) is 9.59 Å². The van der Waals surface area contributed by atoms with Crippen LogP contribution in [0.15, 0.2) is 24.3 Å². The third kappa shape index (κ3) is 4.28. The summed E-state index contributed by atoms with van der Waals surface area (Å²) in [6.45, 7) is 1.70. The Balaban J connectivity index is 1.87. The van der Waals surface area contributed by atoms with Gasteiger partial charge in [0.25, 0.3) is 5.91 Å². The van der Waals surface area contributed by atoms with E-state index in [0.29, 0.717) is 17.4 Å². The summed E-state index contributed by atoms with van der Waals surface area (Å²) in [4.78, 5) is 22.2. The molecule has 5 nitrogen and oxygen atoms in total. The Morgan fingerprint density at radius 3 is 2.53 bits per heavy atom. The highest BCUT2D eigenvalue weighted by atomic mass is 16.5. The smallest absolute Gasteiger partial charge is 0.307 e. The Morgan fingerprint density at radius 2 is 2.00 bits per heavy atom. The zero-order valence-electron chi connectivity index (χ0n) is 10.8. The maximum Gasteiger partial charge on any atom is 0.307 e. The van der Waals surface area contributed by atoms with E-state index in [1.54, 1.807) is 31.2 Å². The SMILES string of the molecule is CC(Oc1ccc(CC(=O)O)cc1)C(=O)NC1CC1. The van der Waals surface area contributed by atoms with Crippen molar-refractivity contribution < 1.29 is 19.4 Å². The first kappa shape index (κ1) is 13.4. The molecule has 1 aromatic rings. The van der Waals surface area contributed by atoms with Gasteiger partial charge < -0.3 is 15.2 Å². The van der Waals surface area contributed by atoms with Crippen molar-refractivity contribution in [3.05, 3.63) is 29.8 Å². The van der Waals surface area contributed by atoms with Crippen LogP contribution in [-0.2, 0) is 16.0 Å². The number of rotatable bonds is 6. The fourth-order valence-electron chi connectivity index (χ4n) is 1.66. The second-order valence-electron chi connectivity index (χ2n) is 4.76. The Morgan fingerprint density at radius 1 is 1.37 bits per heavy atom. The molecule has 0 saturated heterocycles. The van der Waals surface area contributed by atoms with Crippen LogP contribution < -0.4 is 10.1 Å². The molecule has 102 valence electrons. The van der Waals surface area contributed by atoms with Gasteiger partial charge in [0.15, 0.2) is 6.10 Å². The molecule has 0 radical (unpaired) electrons. The number of carboxylic acid groups (broad SMARTS) is 1. The number of nitrogens with one attached hydrogen (secondary N) is 1. The second kappa shape index (κ2) is 5.73. The number of benzene rings is 1. The quantitative estimate of drug-likeness (QED) is 0.812. The van der Waals surface area contributed by atoms with E-state index in [4.69, 9.17) is 9.84 Å². The molecule has 1 unspecified atom stereocenters. The lowest BCUT2D eigenvalue weighted by Gasteiger charge is -2.14. The maximum absolute atomic E-state index is 11.7. The highest BCUT2D eigenvalue weighted by Gasteiger charge is 2.26. The zero-order chi connectivity index (χ0) is 13.8. The van der Waals surface area contributed by atoms with Crippen LogP contribution in [-0.4, -0.2) is 29.1 Å². The monoisotopic (exact) mass is 263 g/mol. The predicted molar refractivity (Wildman–Crippen MR) is 69.0 cm³/mol. The predicted octanol–water partition coefficient (Wildman–Crippen LogP) is 1.36. The van der Waals surface area contributed by atoms with Gasteiger partial charge in [-0.25, -0.2) is 0 Å². The van der Waals surface area contributed by atoms with Crippen LogP contribution in [0.4, 0.5) is 0 Å². The first-order valence-corrected chi connectivity index (χ1v) is 6.32. The zero-order valence-corrected chi connectivity index (χ0v) is 10.8. The van der Waals surface area contributed by atoms with Gasteiger partial charge in [0.2, 0.25) is 0 Å². The number of ether oxygens (including phenoxy) is 1. The van der Waals surface area contributed by atoms with Crippen LogP contribution in [0.2, 0.25) is 0 Å². The molecular formula is C14H17NO4. The molecule has 0 spiro atoms. The molecule has 1 amide bonds. The summed E-state index contributed by atoms with van der Waals surface area (Å²) in [5.41, 5.74) is 0.704. The molecule has 1 atom stereocenters. The van der Waals surface area contributed by atoms with Crippen LogP contribution in [0.1, 0.15) is 25.3 Å². The van der Waals surface area contributed by atoms with Gasteiger partial charge in [-0.15, -0.1) is 0 Å². The Hall–Kier alpha value is -2.04. The molecule has 0 aliphatic heterocycles. The maximum atomic E-state index is 11.7. The average Bonchev–Trinajstić information content (AvgIpc) is 3.14. The van der Waals surface area contributed by atoms with E-state index in [-0.39, 0.29) is 12.3 Å². The molecule has 1 aliphatic carbocycles. The molecule has 5 heteroatoms. The normalized spacial score (nSPS) is 15.6. The molecule has 0 heterocycles. The summed E-state index contributed by atoms with van der Waals surface area (Å²) < 4.78 is 5.51. The van der Waals surface area contributed by atoms with Crippen molar-refractivity contribution in [2.75, 3.05) is 0 Å². The van der Waals surface area contributed by atoms with Crippen LogP contribution in [0.5, 0.6) is 5.75 Å². The number of hydrogen-bond acceptors (Lipinski definition) is 3. The number of hydrogen-bond donors (Lipinski definition) is 2. The molecule has 0 bridgehead atoms. The first-order valence-electron chi connectivity index (χ1n) is 6.32. The minimum absolute atomic E-state index is 0.0159. The Kier molecular flexibility index (Phi) is 4.04. The molecule has 2 N–H and O–H groups in total. The van der Waals surface area contributed by atoms with Gasteiger partial charge in [0, 0.05) is 6.04 Å². The molecule has 1 aliphatic rings. The summed E-state index contributed by atoms with van der Waals surface area (Å²) in [7, 11) is 0.